The molecule has 0 fully saturated rings. The Morgan fingerprint density at radius 1 is 1.36 bits per heavy atom. The molecule has 0 bridgehead atoms. The first kappa shape index (κ1) is 8.51. The Morgan fingerprint density at radius 2 is 2.00 bits per heavy atom. The fourth-order valence-electron chi connectivity index (χ4n) is 1.48. The number of hydrogen-bond donors (Lipinski definition) is 0. The predicted octanol–water partition coefficient (Wildman–Crippen LogP) is 2.71. The molecule has 0 saturated carbocycles. The summed E-state index contributed by atoms with van der Waals surface area (Å²) in [5, 5.41) is 0. The molecule has 0 unspecified atom stereocenters. The van der Waals surface area contributed by atoms with Crippen LogP contribution in [0.15, 0.2) is 11.6 Å². The molecular formula is C10H16O. The molecule has 1 aliphatic carbocycles. The highest BCUT2D eigenvalue weighted by Gasteiger charge is 2.24. The molecule has 0 radical (unpaired) electrons. The van der Waals surface area contributed by atoms with Gasteiger partial charge in [-0.15, -0.1) is 0 Å². The van der Waals surface area contributed by atoms with Crippen LogP contribution in [0.4, 0.5) is 0 Å². The van der Waals surface area contributed by atoms with Gasteiger partial charge < -0.3 is 0 Å². The largest absolute Gasteiger partial charge is 0.295 e. The maximum Gasteiger partial charge on any atom is 0.159 e. The minimum atomic E-state index is 0.0531. The van der Waals surface area contributed by atoms with E-state index < -0.39 is 0 Å². The molecule has 0 aliphatic heterocycles. The van der Waals surface area contributed by atoms with Crippen molar-refractivity contribution in [3.63, 3.8) is 0 Å². The summed E-state index contributed by atoms with van der Waals surface area (Å²) >= 11 is 0. The van der Waals surface area contributed by atoms with Gasteiger partial charge in [0.05, 0.1) is 0 Å². The smallest absolute Gasteiger partial charge is 0.159 e. The van der Waals surface area contributed by atoms with Crippen molar-refractivity contribution in [1.29, 1.82) is 0 Å². The lowest BCUT2D eigenvalue weighted by atomic mass is 9.79. The van der Waals surface area contributed by atoms with Gasteiger partial charge in [0.1, 0.15) is 0 Å². The lowest BCUT2D eigenvalue weighted by Gasteiger charge is -2.24. The van der Waals surface area contributed by atoms with Crippen LogP contribution >= 0.6 is 0 Å². The minimum absolute atomic E-state index is 0.0531. The lowest BCUT2D eigenvalue weighted by Crippen LogP contribution is -2.20. The minimum Gasteiger partial charge on any atom is -0.295 e. The van der Waals surface area contributed by atoms with Gasteiger partial charge in [-0.2, -0.15) is 0 Å². The first-order valence-electron chi connectivity index (χ1n) is 4.25. The lowest BCUT2D eigenvalue weighted by molar-refractivity contribution is -0.116. The highest BCUT2D eigenvalue weighted by Crippen LogP contribution is 2.30. The normalized spacial score (nSPS) is 19.9. The van der Waals surface area contributed by atoms with E-state index in [1.165, 1.54) is 0 Å². The summed E-state index contributed by atoms with van der Waals surface area (Å²) in [6.45, 7) is 6.30. The van der Waals surface area contributed by atoms with E-state index in [2.05, 4.69) is 26.8 Å². The van der Waals surface area contributed by atoms with Gasteiger partial charge in [-0.05, 0) is 23.8 Å². The molecule has 0 aromatic carbocycles. The van der Waals surface area contributed by atoms with Crippen molar-refractivity contribution in [2.75, 3.05) is 0 Å². The zero-order valence-corrected chi connectivity index (χ0v) is 7.61. The molecule has 62 valence electrons. The number of carbonyl (C=O) groups excluding carboxylic acids is 1. The highest BCUT2D eigenvalue weighted by molar-refractivity contribution is 5.97. The molecule has 0 heterocycles. The summed E-state index contributed by atoms with van der Waals surface area (Å²) < 4.78 is 0. The molecule has 11 heavy (non-hydrogen) atoms. The quantitative estimate of drug-likeness (QED) is 0.521. The van der Waals surface area contributed by atoms with Crippen LogP contribution in [0, 0.1) is 5.41 Å². The summed E-state index contributed by atoms with van der Waals surface area (Å²) in [4.78, 5) is 11.4. The van der Waals surface area contributed by atoms with Crippen molar-refractivity contribution < 1.29 is 4.79 Å². The van der Waals surface area contributed by atoms with E-state index in [1.807, 2.05) is 0 Å². The zero-order valence-electron chi connectivity index (χ0n) is 7.61. The van der Waals surface area contributed by atoms with Gasteiger partial charge in [0, 0.05) is 6.42 Å². The molecule has 0 aromatic rings. The number of ketones is 1. The molecule has 1 rings (SSSR count). The van der Waals surface area contributed by atoms with Crippen molar-refractivity contribution in [1.82, 2.24) is 0 Å². The number of Topliss-reactive ketones (excluding diaryl/α,β-unsaturated/α-hetero) is 1. The Morgan fingerprint density at radius 3 is 2.36 bits per heavy atom. The first-order chi connectivity index (χ1) is 5.02. The van der Waals surface area contributed by atoms with E-state index in [-0.39, 0.29) is 5.41 Å². The van der Waals surface area contributed by atoms with Crippen LogP contribution in [0.3, 0.4) is 0 Å². The van der Waals surface area contributed by atoms with E-state index in [1.54, 1.807) is 0 Å². The van der Waals surface area contributed by atoms with E-state index >= 15 is 0 Å². The molecule has 1 aliphatic rings. The van der Waals surface area contributed by atoms with Crippen LogP contribution in [-0.2, 0) is 4.79 Å². The highest BCUT2D eigenvalue weighted by atomic mass is 16.1. The van der Waals surface area contributed by atoms with Crippen molar-refractivity contribution in [3.8, 4) is 0 Å². The Balaban J connectivity index is 2.85. The average molecular weight is 152 g/mol. The van der Waals surface area contributed by atoms with E-state index in [4.69, 9.17) is 0 Å². The fourth-order valence-corrected chi connectivity index (χ4v) is 1.48. The van der Waals surface area contributed by atoms with Crippen LogP contribution in [0.2, 0.25) is 0 Å². The standard InChI is InChI=1S/C10H16O/c1-10(2,3)8-6-4-5-7-9(8)11/h6H,4-5,7H2,1-3H3. The number of hydrogen-bond acceptors (Lipinski definition) is 1. The third kappa shape index (κ3) is 1.92. The fraction of sp³-hybridized carbons (Fsp3) is 0.700. The maximum absolute atomic E-state index is 11.4. The van der Waals surface area contributed by atoms with Crippen molar-refractivity contribution >= 4 is 5.78 Å². The topological polar surface area (TPSA) is 17.1 Å². The first-order valence-corrected chi connectivity index (χ1v) is 4.25. The summed E-state index contributed by atoms with van der Waals surface area (Å²) in [6.07, 6.45) is 4.98. The van der Waals surface area contributed by atoms with Crippen molar-refractivity contribution in [3.05, 3.63) is 11.6 Å². The second-order valence-corrected chi connectivity index (χ2v) is 4.18. The SMILES string of the molecule is CC(C)(C)C1=CCCCC1=O. The maximum atomic E-state index is 11.4. The molecular weight excluding hydrogens is 136 g/mol. The second kappa shape index (κ2) is 2.80. The molecule has 0 aromatic heterocycles. The third-order valence-electron chi connectivity index (χ3n) is 2.06. The van der Waals surface area contributed by atoms with Gasteiger partial charge in [-0.3, -0.25) is 4.79 Å². The molecule has 0 saturated heterocycles. The molecule has 0 N–H and O–H groups in total. The number of rotatable bonds is 0. The summed E-state index contributed by atoms with van der Waals surface area (Å²) in [7, 11) is 0. The molecule has 1 nitrogen and oxygen atoms in total. The summed E-state index contributed by atoms with van der Waals surface area (Å²) in [5.41, 5.74) is 1.08. The van der Waals surface area contributed by atoms with Gasteiger partial charge in [0.15, 0.2) is 5.78 Å². The summed E-state index contributed by atoms with van der Waals surface area (Å²) in [6, 6.07) is 0. The monoisotopic (exact) mass is 152 g/mol. The van der Waals surface area contributed by atoms with Crippen LogP contribution < -0.4 is 0 Å². The van der Waals surface area contributed by atoms with Crippen LogP contribution in [0.5, 0.6) is 0 Å². The second-order valence-electron chi connectivity index (χ2n) is 4.18. The third-order valence-corrected chi connectivity index (χ3v) is 2.06. The molecule has 0 spiro atoms. The van der Waals surface area contributed by atoms with Gasteiger partial charge in [0.25, 0.3) is 0 Å². The van der Waals surface area contributed by atoms with E-state index in [9.17, 15) is 4.79 Å². The predicted molar refractivity (Wildman–Crippen MR) is 46.4 cm³/mol. The van der Waals surface area contributed by atoms with Gasteiger partial charge >= 0.3 is 0 Å². The Labute approximate surface area is 68.5 Å². The van der Waals surface area contributed by atoms with Crippen molar-refractivity contribution in [2.24, 2.45) is 5.41 Å². The summed E-state index contributed by atoms with van der Waals surface area (Å²) in [5.74, 6) is 0.351. The molecule has 1 heteroatoms. The zero-order chi connectivity index (χ0) is 8.48. The molecule has 0 amide bonds. The van der Waals surface area contributed by atoms with Gasteiger partial charge in [0.2, 0.25) is 0 Å². The van der Waals surface area contributed by atoms with Gasteiger partial charge in [-0.1, -0.05) is 26.8 Å². The van der Waals surface area contributed by atoms with E-state index in [0.29, 0.717) is 5.78 Å². The van der Waals surface area contributed by atoms with Gasteiger partial charge in [-0.25, -0.2) is 0 Å². The van der Waals surface area contributed by atoms with Crippen LogP contribution in [0.25, 0.3) is 0 Å². The van der Waals surface area contributed by atoms with E-state index in [0.717, 1.165) is 24.8 Å². The van der Waals surface area contributed by atoms with Crippen LogP contribution in [0.1, 0.15) is 40.0 Å². The number of carbonyl (C=O) groups is 1. The molecule has 0 atom stereocenters. The van der Waals surface area contributed by atoms with Crippen molar-refractivity contribution in [2.45, 2.75) is 40.0 Å². The Kier molecular flexibility index (Phi) is 2.17. The Bertz CT molecular complexity index is 193. The average Bonchev–Trinajstić information content (AvgIpc) is 1.86. The van der Waals surface area contributed by atoms with Crippen LogP contribution in [-0.4, -0.2) is 5.78 Å². The number of allylic oxidation sites excluding steroid dienone is 2. The Hall–Kier alpha value is -0.590.